The van der Waals surface area contributed by atoms with Crippen molar-refractivity contribution in [3.05, 3.63) is 29.8 Å². The number of aliphatic hydroxyl groups is 1. The molecule has 1 aliphatic heterocycles. The molecular weight excluding hydrogens is 274 g/mol. The molecule has 22 heavy (non-hydrogen) atoms. The van der Waals surface area contributed by atoms with Crippen LogP contribution in [-0.2, 0) is 0 Å². The van der Waals surface area contributed by atoms with Gasteiger partial charge in [0, 0.05) is 6.54 Å². The first-order valence-corrected chi connectivity index (χ1v) is 8.93. The zero-order valence-corrected chi connectivity index (χ0v) is 14.0. The van der Waals surface area contributed by atoms with Crippen molar-refractivity contribution >= 4 is 0 Å². The van der Waals surface area contributed by atoms with Crippen LogP contribution in [0.25, 0.3) is 0 Å². The predicted octanol–water partition coefficient (Wildman–Crippen LogP) is 4.17. The van der Waals surface area contributed by atoms with Gasteiger partial charge >= 0.3 is 0 Å². The van der Waals surface area contributed by atoms with E-state index in [1.165, 1.54) is 45.2 Å². The van der Waals surface area contributed by atoms with Crippen LogP contribution in [-0.4, -0.2) is 36.2 Å². The van der Waals surface area contributed by atoms with E-state index < -0.39 is 0 Å². The molecule has 0 saturated carbocycles. The number of hydrogen-bond donors (Lipinski definition) is 1. The van der Waals surface area contributed by atoms with Crippen LogP contribution in [0.2, 0.25) is 0 Å². The zero-order valence-electron chi connectivity index (χ0n) is 14.0. The predicted molar refractivity (Wildman–Crippen MR) is 91.3 cm³/mol. The van der Waals surface area contributed by atoms with E-state index in [1.54, 1.807) is 0 Å². The molecule has 1 heterocycles. The van der Waals surface area contributed by atoms with Crippen LogP contribution < -0.4 is 4.74 Å². The van der Waals surface area contributed by atoms with Crippen LogP contribution in [0, 0.1) is 0 Å². The molecule has 1 N–H and O–H groups in total. The van der Waals surface area contributed by atoms with Gasteiger partial charge in [-0.3, -0.25) is 0 Å². The Kier molecular flexibility index (Phi) is 7.75. The third-order valence-electron chi connectivity index (χ3n) is 4.45. The van der Waals surface area contributed by atoms with Gasteiger partial charge in [0.15, 0.2) is 0 Å². The Morgan fingerprint density at radius 1 is 1.09 bits per heavy atom. The van der Waals surface area contributed by atoms with Gasteiger partial charge in [-0.1, -0.05) is 38.3 Å². The second-order valence-electron chi connectivity index (χ2n) is 6.33. The molecule has 1 saturated heterocycles. The Labute approximate surface area is 135 Å². The van der Waals surface area contributed by atoms with Crippen molar-refractivity contribution in [2.75, 3.05) is 26.2 Å². The number of aliphatic hydroxyl groups excluding tert-OH is 1. The van der Waals surface area contributed by atoms with Crippen LogP contribution in [0.1, 0.15) is 63.5 Å². The van der Waals surface area contributed by atoms with Crippen LogP contribution in [0.15, 0.2) is 24.3 Å². The highest BCUT2D eigenvalue weighted by molar-refractivity contribution is 5.28. The van der Waals surface area contributed by atoms with Gasteiger partial charge in [0.05, 0.1) is 12.7 Å². The maximum atomic E-state index is 10.3. The molecule has 0 spiro atoms. The fraction of sp³-hybridized carbons (Fsp3) is 0.684. The quantitative estimate of drug-likeness (QED) is 0.659. The first-order valence-electron chi connectivity index (χ1n) is 8.93. The van der Waals surface area contributed by atoms with Crippen LogP contribution in [0.5, 0.6) is 5.75 Å². The first-order chi connectivity index (χ1) is 10.8. The lowest BCUT2D eigenvalue weighted by molar-refractivity contribution is 0.149. The van der Waals surface area contributed by atoms with E-state index in [9.17, 15) is 5.11 Å². The highest BCUT2D eigenvalue weighted by Crippen LogP contribution is 2.21. The van der Waals surface area contributed by atoms with Gasteiger partial charge in [0.25, 0.3) is 0 Å². The van der Waals surface area contributed by atoms with Crippen molar-refractivity contribution in [1.82, 2.24) is 4.90 Å². The summed E-state index contributed by atoms with van der Waals surface area (Å²) in [5.41, 5.74) is 0.998. The summed E-state index contributed by atoms with van der Waals surface area (Å²) in [7, 11) is 0. The van der Waals surface area contributed by atoms with Crippen molar-refractivity contribution in [2.24, 2.45) is 0 Å². The SMILES string of the molecule is CCCCCCOc1ccc(C(O)CCN2CCCC2)cc1. The van der Waals surface area contributed by atoms with Gasteiger partial charge in [-0.05, 0) is 56.5 Å². The summed E-state index contributed by atoms with van der Waals surface area (Å²) in [6.45, 7) is 6.39. The highest BCUT2D eigenvalue weighted by atomic mass is 16.5. The third-order valence-corrected chi connectivity index (χ3v) is 4.45. The van der Waals surface area contributed by atoms with E-state index >= 15 is 0 Å². The number of hydrogen-bond acceptors (Lipinski definition) is 3. The number of nitrogens with zero attached hydrogens (tertiary/aromatic N) is 1. The molecular formula is C19H31NO2. The highest BCUT2D eigenvalue weighted by Gasteiger charge is 2.14. The molecule has 124 valence electrons. The molecule has 1 atom stereocenters. The molecule has 1 aromatic rings. The Hall–Kier alpha value is -1.06. The second kappa shape index (κ2) is 9.86. The maximum absolute atomic E-state index is 10.3. The fourth-order valence-electron chi connectivity index (χ4n) is 2.98. The summed E-state index contributed by atoms with van der Waals surface area (Å²) >= 11 is 0. The molecule has 1 aromatic carbocycles. The average molecular weight is 305 g/mol. The van der Waals surface area contributed by atoms with Gasteiger partial charge in [-0.2, -0.15) is 0 Å². The number of benzene rings is 1. The number of rotatable bonds is 10. The summed E-state index contributed by atoms with van der Waals surface area (Å²) in [6, 6.07) is 7.95. The van der Waals surface area contributed by atoms with Crippen molar-refractivity contribution < 1.29 is 9.84 Å². The zero-order chi connectivity index (χ0) is 15.6. The smallest absolute Gasteiger partial charge is 0.119 e. The molecule has 2 rings (SSSR count). The molecule has 0 amide bonds. The first kappa shape index (κ1) is 17.3. The Morgan fingerprint density at radius 2 is 1.82 bits per heavy atom. The van der Waals surface area contributed by atoms with E-state index in [0.29, 0.717) is 0 Å². The molecule has 0 radical (unpaired) electrons. The van der Waals surface area contributed by atoms with Gasteiger partial charge in [0.1, 0.15) is 5.75 Å². The van der Waals surface area contributed by atoms with Crippen LogP contribution in [0.4, 0.5) is 0 Å². The molecule has 0 aromatic heterocycles. The molecule has 1 fully saturated rings. The molecule has 1 unspecified atom stereocenters. The summed E-state index contributed by atoms with van der Waals surface area (Å²) in [5, 5.41) is 10.3. The summed E-state index contributed by atoms with van der Waals surface area (Å²) in [6.07, 6.45) is 7.96. The molecule has 0 aliphatic carbocycles. The molecule has 1 aliphatic rings. The Bertz CT molecular complexity index is 398. The van der Waals surface area contributed by atoms with E-state index in [0.717, 1.165) is 37.3 Å². The van der Waals surface area contributed by atoms with Crippen LogP contribution >= 0.6 is 0 Å². The normalized spacial score (nSPS) is 16.8. The van der Waals surface area contributed by atoms with Crippen molar-refractivity contribution in [1.29, 1.82) is 0 Å². The molecule has 0 bridgehead atoms. The van der Waals surface area contributed by atoms with E-state index in [-0.39, 0.29) is 6.10 Å². The van der Waals surface area contributed by atoms with Gasteiger partial charge in [0.2, 0.25) is 0 Å². The Balaban J connectivity index is 1.68. The summed E-state index contributed by atoms with van der Waals surface area (Å²) in [5.74, 6) is 0.909. The lowest BCUT2D eigenvalue weighted by atomic mass is 10.1. The Morgan fingerprint density at radius 3 is 2.50 bits per heavy atom. The largest absolute Gasteiger partial charge is 0.494 e. The van der Waals surface area contributed by atoms with E-state index in [4.69, 9.17) is 4.74 Å². The van der Waals surface area contributed by atoms with Gasteiger partial charge < -0.3 is 14.7 Å². The van der Waals surface area contributed by atoms with Crippen LogP contribution in [0.3, 0.4) is 0 Å². The standard InChI is InChI=1S/C19H31NO2/c1-2-3-4-7-16-22-18-10-8-17(9-11-18)19(21)12-15-20-13-5-6-14-20/h8-11,19,21H,2-7,12-16H2,1H3. The summed E-state index contributed by atoms with van der Waals surface area (Å²) in [4.78, 5) is 2.44. The fourth-order valence-corrected chi connectivity index (χ4v) is 2.98. The second-order valence-corrected chi connectivity index (χ2v) is 6.33. The minimum atomic E-state index is -0.362. The number of likely N-dealkylation sites (tertiary alicyclic amines) is 1. The topological polar surface area (TPSA) is 32.7 Å². The summed E-state index contributed by atoms with van der Waals surface area (Å²) < 4.78 is 5.74. The maximum Gasteiger partial charge on any atom is 0.119 e. The number of unbranched alkanes of at least 4 members (excludes halogenated alkanes) is 3. The lowest BCUT2D eigenvalue weighted by Crippen LogP contribution is -2.22. The minimum Gasteiger partial charge on any atom is -0.494 e. The number of ether oxygens (including phenoxy) is 1. The third kappa shape index (κ3) is 5.98. The minimum absolute atomic E-state index is 0.362. The van der Waals surface area contributed by atoms with Crippen molar-refractivity contribution in [3.63, 3.8) is 0 Å². The molecule has 3 nitrogen and oxygen atoms in total. The van der Waals surface area contributed by atoms with E-state index in [2.05, 4.69) is 11.8 Å². The van der Waals surface area contributed by atoms with Crippen molar-refractivity contribution in [2.45, 2.75) is 58.0 Å². The van der Waals surface area contributed by atoms with Crippen molar-refractivity contribution in [3.8, 4) is 5.75 Å². The van der Waals surface area contributed by atoms with Gasteiger partial charge in [-0.15, -0.1) is 0 Å². The lowest BCUT2D eigenvalue weighted by Gasteiger charge is -2.18. The van der Waals surface area contributed by atoms with E-state index in [1.807, 2.05) is 24.3 Å². The average Bonchev–Trinajstić information content (AvgIpc) is 3.06. The monoisotopic (exact) mass is 305 g/mol. The molecule has 3 heteroatoms. The van der Waals surface area contributed by atoms with Gasteiger partial charge in [-0.25, -0.2) is 0 Å².